The average molecular weight is 1550 g/mol. The van der Waals surface area contributed by atoms with Gasteiger partial charge in [-0.2, -0.15) is 15.3 Å². The summed E-state index contributed by atoms with van der Waals surface area (Å²) in [4.78, 5) is 30.3. The first-order chi connectivity index (χ1) is 56.2. The Morgan fingerprint density at radius 3 is 1.17 bits per heavy atom. The molecule has 0 radical (unpaired) electrons. The summed E-state index contributed by atoms with van der Waals surface area (Å²) >= 11 is 0. The molecule has 3 aliphatic rings. The van der Waals surface area contributed by atoms with E-state index in [1.807, 2.05) is 143 Å². The van der Waals surface area contributed by atoms with Crippen molar-refractivity contribution in [3.05, 3.63) is 264 Å². The van der Waals surface area contributed by atoms with Gasteiger partial charge < -0.3 is 54.9 Å². The summed E-state index contributed by atoms with van der Waals surface area (Å²) in [5.41, 5.74) is 31.7. The molecule has 24 nitrogen and oxygen atoms in total. The molecule has 0 bridgehead atoms. The van der Waals surface area contributed by atoms with Crippen LogP contribution in [-0.4, -0.2) is 108 Å². The molecule has 0 saturated carbocycles. The summed E-state index contributed by atoms with van der Waals surface area (Å²) in [6.07, 6.45) is 16.5. The van der Waals surface area contributed by atoms with Gasteiger partial charge >= 0.3 is 0 Å². The second-order valence-corrected chi connectivity index (χ2v) is 28.6. The molecule has 0 spiro atoms. The van der Waals surface area contributed by atoms with Crippen LogP contribution in [0.3, 0.4) is 0 Å². The minimum Gasteiger partial charge on any atom is -0.489 e. The Hall–Kier alpha value is -13.1. The molecule has 115 heavy (non-hydrogen) atoms. The third-order valence-corrected chi connectivity index (χ3v) is 20.6. The molecule has 0 unspecified atom stereocenters. The van der Waals surface area contributed by atoms with Gasteiger partial charge in [0.15, 0.2) is 16.9 Å². The highest BCUT2D eigenvalue weighted by atomic mass is 19.1. The maximum Gasteiger partial charge on any atom is 0.164 e. The Bertz CT molecular complexity index is 5850. The number of hydrogen-bond acceptors (Lipinski definition) is 20. The Morgan fingerprint density at radius 2 is 0.774 bits per heavy atom. The van der Waals surface area contributed by atoms with Crippen LogP contribution in [0, 0.1) is 24.4 Å². The first-order valence-electron chi connectivity index (χ1n) is 38.3. The van der Waals surface area contributed by atoms with E-state index in [9.17, 15) is 13.2 Å². The number of rotatable bonds is 21. The van der Waals surface area contributed by atoms with E-state index in [1.165, 1.54) is 54.5 Å². The highest BCUT2D eigenvalue weighted by molar-refractivity contribution is 6.00. The zero-order valence-electron chi connectivity index (χ0n) is 63.4. The lowest BCUT2D eigenvalue weighted by Crippen LogP contribution is -2.20. The molecular formula is C88H84F3N17O7. The van der Waals surface area contributed by atoms with Crippen LogP contribution in [0.1, 0.15) is 90.3 Å². The Balaban J connectivity index is 0.000000130. The molecule has 584 valence electrons. The van der Waals surface area contributed by atoms with Gasteiger partial charge in [0.1, 0.15) is 118 Å². The predicted octanol–water partition coefficient (Wildman–Crippen LogP) is 17.3. The van der Waals surface area contributed by atoms with E-state index in [0.29, 0.717) is 114 Å². The Labute approximate surface area is 660 Å². The monoisotopic (exact) mass is 1550 g/mol. The number of nitrogens with zero attached hydrogens (tertiary/aromatic N) is 14. The van der Waals surface area contributed by atoms with E-state index in [-0.39, 0.29) is 36.4 Å². The average Bonchev–Trinajstić information content (AvgIpc) is 1.63. The molecular weight excluding hydrogens is 1460 g/mol. The first kappa shape index (κ1) is 75.9. The van der Waals surface area contributed by atoms with E-state index in [4.69, 9.17) is 65.7 Å². The largest absolute Gasteiger partial charge is 0.489 e. The van der Waals surface area contributed by atoms with Gasteiger partial charge in [-0.25, -0.2) is 57.1 Å². The molecule has 7 aromatic carbocycles. The molecule has 11 heterocycles. The summed E-state index contributed by atoms with van der Waals surface area (Å²) in [6, 6.07) is 55.1. The Morgan fingerprint density at radius 1 is 0.383 bits per heavy atom. The van der Waals surface area contributed by atoms with Gasteiger partial charge in [0, 0.05) is 123 Å². The van der Waals surface area contributed by atoms with E-state index in [0.717, 1.165) is 137 Å². The second-order valence-electron chi connectivity index (χ2n) is 28.6. The number of anilines is 3. The number of aromatic nitrogens is 14. The molecule has 27 heteroatoms. The van der Waals surface area contributed by atoms with Crippen molar-refractivity contribution in [1.82, 2.24) is 68.8 Å². The molecule has 3 aliphatic heterocycles. The third kappa shape index (κ3) is 18.0. The number of nitrogens with two attached hydrogens (primary N) is 3. The minimum absolute atomic E-state index is 0.179. The van der Waals surface area contributed by atoms with Gasteiger partial charge in [-0.05, 0) is 203 Å². The zero-order valence-corrected chi connectivity index (χ0v) is 63.4. The van der Waals surface area contributed by atoms with Gasteiger partial charge in [0.05, 0.1) is 34.3 Å². The van der Waals surface area contributed by atoms with E-state index < -0.39 is 5.82 Å². The van der Waals surface area contributed by atoms with Gasteiger partial charge in [-0.3, -0.25) is 4.98 Å². The molecule has 6 N–H and O–H groups in total. The van der Waals surface area contributed by atoms with Crippen LogP contribution in [0.4, 0.5) is 30.6 Å². The molecule has 8 aromatic heterocycles. The standard InChI is InChI=1S/C30H28FN5O2.C29H27FN6O3.C29H29FN6O2/c31-23-16-21(7-6-20-4-2-1-3-5-20)17-26(18-23)38-25-10-8-22(9-11-25)28-27-29(32)33-19-34-30(27)36(35-28)24-12-14-37-15-13-24;1-18-2-3-19(15-32-18)16-38-24-12-21(30)13-25(14-24)39-23-6-4-20(5-7-23)27-26-28(31)33-17-34-29(26)36(35-27)22-8-10-37-11-9-22;1-35-12-2-3-22(35)7-4-19-15-21(30)17-25(16-19)38-24-8-5-20(6-9-24)27-26-28(31)32-18-33-29(26)36(34-27)23-10-13-37-14-11-23/h1-5,8-11,16-19,24H,6-7,12-15H2,(H2,32,33,34);2-7,12-15,17,22H,8-11,16H2,1H3,(H2,31,33,34);2-3,5-6,8-9,12,15-18,23H,4,7,10-11,13-14H2,1H3,(H2,31,32,33). The van der Waals surface area contributed by atoms with Crippen molar-refractivity contribution in [1.29, 1.82) is 0 Å². The van der Waals surface area contributed by atoms with Crippen molar-refractivity contribution in [2.75, 3.05) is 56.8 Å². The maximum atomic E-state index is 14.4. The molecule has 18 rings (SSSR count). The van der Waals surface area contributed by atoms with Crippen LogP contribution < -0.4 is 36.1 Å². The van der Waals surface area contributed by atoms with Crippen LogP contribution in [-0.2, 0) is 53.5 Å². The first-order valence-corrected chi connectivity index (χ1v) is 38.3. The van der Waals surface area contributed by atoms with Crippen molar-refractivity contribution >= 4 is 50.6 Å². The summed E-state index contributed by atoms with van der Waals surface area (Å²) in [5, 5.41) is 16.9. The van der Waals surface area contributed by atoms with E-state index >= 15 is 0 Å². The quantitative estimate of drug-likeness (QED) is 0.0602. The van der Waals surface area contributed by atoms with Crippen LogP contribution in [0.25, 0.3) is 66.9 Å². The van der Waals surface area contributed by atoms with Gasteiger partial charge in [0.25, 0.3) is 0 Å². The third-order valence-electron chi connectivity index (χ3n) is 20.6. The summed E-state index contributed by atoms with van der Waals surface area (Å²) in [7, 11) is 2.01. The lowest BCUT2D eigenvalue weighted by molar-refractivity contribution is 0.0673. The fourth-order valence-electron chi connectivity index (χ4n) is 14.6. The lowest BCUT2D eigenvalue weighted by atomic mass is 10.0. The fraction of sp³-hybridized carbons (Fsp3) is 0.250. The van der Waals surface area contributed by atoms with Crippen molar-refractivity contribution < 1.29 is 46.3 Å². The molecule has 0 atom stereocenters. The molecule has 15 aromatic rings. The zero-order chi connectivity index (χ0) is 78.7. The predicted molar refractivity (Wildman–Crippen MR) is 432 cm³/mol. The SMILES string of the molecule is Cc1ccc(COc2cc(F)cc(Oc3ccc(-c4nn(C5CCOCC5)c5ncnc(N)c45)cc3)c2)cn1.Cn1cccc1CCc1cc(F)cc(Oc2ccc(-c3nn(C4CCOCC4)c4ncnc(N)c34)cc2)c1.Nc1ncnc2c1c(-c1ccc(Oc3cc(F)cc(CCc4ccccc4)c3)cc1)nn2C1CCOCC1. The Kier molecular flexibility index (Phi) is 23.0. The van der Waals surface area contributed by atoms with Gasteiger partial charge in [-0.1, -0.05) is 36.4 Å². The number of halogens is 3. The van der Waals surface area contributed by atoms with Crippen LogP contribution >= 0.6 is 0 Å². The number of pyridine rings is 1. The van der Waals surface area contributed by atoms with Crippen LogP contribution in [0.2, 0.25) is 0 Å². The fourth-order valence-corrected chi connectivity index (χ4v) is 14.6. The number of fused-ring (bicyclic) bond motifs is 3. The van der Waals surface area contributed by atoms with Crippen LogP contribution in [0.5, 0.6) is 40.2 Å². The van der Waals surface area contributed by atoms with Crippen molar-refractivity contribution in [3.63, 3.8) is 0 Å². The molecule has 0 aliphatic carbocycles. The van der Waals surface area contributed by atoms with Gasteiger partial charge in [0.2, 0.25) is 0 Å². The summed E-state index contributed by atoms with van der Waals surface area (Å²) < 4.78 is 91.3. The minimum atomic E-state index is -0.457. The maximum absolute atomic E-state index is 14.4. The van der Waals surface area contributed by atoms with Gasteiger partial charge in [-0.15, -0.1) is 0 Å². The molecule has 0 amide bonds. The van der Waals surface area contributed by atoms with Crippen molar-refractivity contribution in [2.24, 2.45) is 7.05 Å². The van der Waals surface area contributed by atoms with Crippen molar-refractivity contribution in [3.8, 4) is 74.0 Å². The molecule has 3 fully saturated rings. The highest BCUT2D eigenvalue weighted by Crippen LogP contribution is 2.40. The van der Waals surface area contributed by atoms with E-state index in [1.54, 1.807) is 36.5 Å². The number of nitrogen functional groups attached to an aromatic ring is 3. The number of aryl methyl sites for hydroxylation is 6. The van der Waals surface area contributed by atoms with Crippen LogP contribution in [0.15, 0.2) is 213 Å². The summed E-state index contributed by atoms with van der Waals surface area (Å²) in [6.45, 7) is 6.34. The number of ether oxygens (including phenoxy) is 7. The highest BCUT2D eigenvalue weighted by Gasteiger charge is 2.28. The second kappa shape index (κ2) is 34.9. The number of hydrogen-bond donors (Lipinski definition) is 3. The summed E-state index contributed by atoms with van der Waals surface area (Å²) in [5.74, 6) is 3.44. The van der Waals surface area contributed by atoms with E-state index in [2.05, 4.69) is 57.7 Å². The molecule has 3 saturated heterocycles. The van der Waals surface area contributed by atoms with Crippen molar-refractivity contribution in [2.45, 2.75) is 95.9 Å². The smallest absolute Gasteiger partial charge is 0.164 e. The topological polar surface area (TPSA) is 291 Å². The lowest BCUT2D eigenvalue weighted by Gasteiger charge is -2.22. The normalized spacial score (nSPS) is 14.1. The number of benzene rings is 7.